The molecule has 158 valence electrons. The van der Waals surface area contributed by atoms with E-state index in [9.17, 15) is 9.59 Å². The number of likely N-dealkylation sites (tertiary alicyclic amines) is 1. The Bertz CT molecular complexity index is 1130. The molecule has 3 heterocycles. The molecule has 0 N–H and O–H groups in total. The van der Waals surface area contributed by atoms with Crippen molar-refractivity contribution in [2.75, 3.05) is 26.2 Å². The third kappa shape index (κ3) is 4.08. The zero-order chi connectivity index (χ0) is 21.2. The minimum Gasteiger partial charge on any atom is -0.338 e. The van der Waals surface area contributed by atoms with Crippen LogP contribution < -0.4 is 10.7 Å². The lowest BCUT2D eigenvalue weighted by atomic mass is 9.93. The molecule has 1 saturated heterocycles. The maximum atomic E-state index is 13.1. The van der Waals surface area contributed by atoms with Gasteiger partial charge in [0.15, 0.2) is 6.17 Å². The van der Waals surface area contributed by atoms with Gasteiger partial charge in [-0.15, -0.1) is 0 Å². The van der Waals surface area contributed by atoms with Crippen molar-refractivity contribution in [3.63, 3.8) is 0 Å². The van der Waals surface area contributed by atoms with Gasteiger partial charge in [-0.1, -0.05) is 48.5 Å². The lowest BCUT2D eigenvalue weighted by molar-refractivity contribution is -0.137. The molecule has 6 nitrogen and oxygen atoms in total. The Labute approximate surface area is 181 Å². The van der Waals surface area contributed by atoms with E-state index >= 15 is 0 Å². The number of rotatable bonds is 3. The summed E-state index contributed by atoms with van der Waals surface area (Å²) in [6.45, 7) is 2.82. The summed E-state index contributed by atoms with van der Waals surface area (Å²) in [6.07, 6.45) is 4.03. The maximum absolute atomic E-state index is 13.1. The van der Waals surface area contributed by atoms with Crippen LogP contribution in [0.1, 0.15) is 24.8 Å². The van der Waals surface area contributed by atoms with Gasteiger partial charge < -0.3 is 4.90 Å². The highest BCUT2D eigenvalue weighted by Gasteiger charge is 2.34. The Morgan fingerprint density at radius 2 is 1.61 bits per heavy atom. The smallest absolute Gasteiger partial charge is 0.286 e. The third-order valence-corrected chi connectivity index (χ3v) is 6.48. The van der Waals surface area contributed by atoms with Crippen LogP contribution in [-0.2, 0) is 9.59 Å². The first-order valence-corrected chi connectivity index (χ1v) is 11.0. The zero-order valence-corrected chi connectivity index (χ0v) is 17.5. The summed E-state index contributed by atoms with van der Waals surface area (Å²) in [4.78, 5) is 38.4. The van der Waals surface area contributed by atoms with E-state index < -0.39 is 6.17 Å². The molecule has 6 heteroatoms. The van der Waals surface area contributed by atoms with E-state index in [0.717, 1.165) is 31.2 Å². The van der Waals surface area contributed by atoms with Crippen LogP contribution in [0.2, 0.25) is 0 Å². The van der Waals surface area contributed by atoms with Crippen molar-refractivity contribution >= 4 is 17.4 Å². The molecule has 1 atom stereocenters. The molecule has 0 radical (unpaired) electrons. The van der Waals surface area contributed by atoms with Crippen molar-refractivity contribution in [1.29, 1.82) is 0 Å². The molecule has 3 aliphatic rings. The van der Waals surface area contributed by atoms with Crippen LogP contribution >= 0.6 is 0 Å². The number of hydrogen-bond acceptors (Lipinski definition) is 4. The van der Waals surface area contributed by atoms with Crippen molar-refractivity contribution in [3.05, 3.63) is 77.0 Å². The normalized spacial score (nSPS) is 22.2. The fourth-order valence-electron chi connectivity index (χ4n) is 4.70. The fourth-order valence-corrected chi connectivity index (χ4v) is 4.70. The lowest BCUT2D eigenvalue weighted by Crippen LogP contribution is -2.50. The second-order valence-electron chi connectivity index (χ2n) is 8.38. The average molecular weight is 415 g/mol. The van der Waals surface area contributed by atoms with Crippen molar-refractivity contribution < 1.29 is 9.59 Å². The molecule has 2 amide bonds. The molecule has 0 bridgehead atoms. The molecule has 3 aliphatic heterocycles. The Kier molecular flexibility index (Phi) is 5.47. The minimum absolute atomic E-state index is 0.0193. The van der Waals surface area contributed by atoms with Crippen LogP contribution in [-0.4, -0.2) is 54.0 Å². The van der Waals surface area contributed by atoms with Crippen LogP contribution in [0.15, 0.2) is 70.7 Å². The molecule has 0 aliphatic carbocycles. The predicted octanol–water partition coefficient (Wildman–Crippen LogP) is 1.82. The van der Waals surface area contributed by atoms with E-state index in [1.165, 1.54) is 11.1 Å². The Morgan fingerprint density at radius 3 is 2.32 bits per heavy atom. The van der Waals surface area contributed by atoms with Gasteiger partial charge in [-0.2, -0.15) is 0 Å². The average Bonchev–Trinajstić information content (AvgIpc) is 2.84. The molecule has 0 saturated carbocycles. The summed E-state index contributed by atoms with van der Waals surface area (Å²) in [6, 6.07) is 17.9. The van der Waals surface area contributed by atoms with Crippen molar-refractivity contribution in [3.8, 4) is 0 Å². The number of para-hydroxylation sites is 2. The number of carbonyl (C=O) groups is 2. The lowest BCUT2D eigenvalue weighted by Gasteiger charge is -2.37. The molecule has 5 rings (SSSR count). The number of benzene rings is 2. The number of fused-ring (bicyclic) bond motifs is 1. The zero-order valence-electron chi connectivity index (χ0n) is 17.5. The van der Waals surface area contributed by atoms with Gasteiger partial charge in [-0.05, 0) is 42.5 Å². The quantitative estimate of drug-likeness (QED) is 0.770. The molecule has 31 heavy (non-hydrogen) atoms. The van der Waals surface area contributed by atoms with Crippen LogP contribution in [0.3, 0.4) is 0 Å². The van der Waals surface area contributed by atoms with Gasteiger partial charge in [0.25, 0.3) is 5.91 Å². The number of amides is 2. The summed E-state index contributed by atoms with van der Waals surface area (Å²) < 4.78 is 0. The summed E-state index contributed by atoms with van der Waals surface area (Å²) in [5, 5.41) is 1.40. The maximum Gasteiger partial charge on any atom is 0.286 e. The van der Waals surface area contributed by atoms with Gasteiger partial charge in [0.05, 0.1) is 10.7 Å². The van der Waals surface area contributed by atoms with Crippen molar-refractivity contribution in [2.45, 2.75) is 25.4 Å². The molecular weight excluding hydrogens is 388 g/mol. The summed E-state index contributed by atoms with van der Waals surface area (Å²) in [5.74, 6) is 0.0499. The molecule has 1 unspecified atom stereocenters. The molecule has 0 aromatic heterocycles. The predicted molar refractivity (Wildman–Crippen MR) is 117 cm³/mol. The standard InChI is InChI=1S/C25H26N4O2/c30-24-23(26-21-8-4-5-9-22(21)27-24)28-14-12-20(13-15-28)25(31)29-16-10-19(11-17-29)18-6-2-1-3-7-18/h1-10,20,23H,11-17H2. The first-order valence-electron chi connectivity index (χ1n) is 11.0. The first kappa shape index (κ1) is 19.8. The molecule has 0 spiro atoms. The van der Waals surface area contributed by atoms with E-state index in [0.29, 0.717) is 25.0 Å². The monoisotopic (exact) mass is 414 g/mol. The first-order chi connectivity index (χ1) is 15.2. The minimum atomic E-state index is -0.558. The van der Waals surface area contributed by atoms with Gasteiger partial charge in [-0.3, -0.25) is 19.5 Å². The Morgan fingerprint density at radius 1 is 0.903 bits per heavy atom. The molecule has 2 aromatic carbocycles. The van der Waals surface area contributed by atoms with Crippen molar-refractivity contribution in [1.82, 2.24) is 9.80 Å². The molecule has 2 aromatic rings. The SMILES string of the molecule is O=C1N=c2ccccc2=NC1N1CCC(C(=O)N2CC=C(c3ccccc3)CC2)CC1. The second kappa shape index (κ2) is 8.55. The highest BCUT2D eigenvalue weighted by molar-refractivity contribution is 5.83. The topological polar surface area (TPSA) is 65.3 Å². The highest BCUT2D eigenvalue weighted by atomic mass is 16.2. The number of carbonyl (C=O) groups excluding carboxylic acids is 2. The van der Waals surface area contributed by atoms with Crippen LogP contribution in [0.5, 0.6) is 0 Å². The fraction of sp³-hybridized carbons (Fsp3) is 0.360. The largest absolute Gasteiger partial charge is 0.338 e. The second-order valence-corrected chi connectivity index (χ2v) is 8.38. The van der Waals surface area contributed by atoms with Gasteiger partial charge in [0.2, 0.25) is 5.91 Å². The number of hydrogen-bond donors (Lipinski definition) is 0. The van der Waals surface area contributed by atoms with E-state index in [4.69, 9.17) is 0 Å². The summed E-state index contributed by atoms with van der Waals surface area (Å²) in [7, 11) is 0. The van der Waals surface area contributed by atoms with Gasteiger partial charge in [-0.25, -0.2) is 4.99 Å². The van der Waals surface area contributed by atoms with Crippen LogP contribution in [0.4, 0.5) is 0 Å². The highest BCUT2D eigenvalue weighted by Crippen LogP contribution is 2.26. The third-order valence-electron chi connectivity index (χ3n) is 6.48. The summed E-state index contributed by atoms with van der Waals surface area (Å²) in [5.41, 5.74) is 2.57. The van der Waals surface area contributed by atoms with E-state index in [1.54, 1.807) is 0 Å². The van der Waals surface area contributed by atoms with E-state index in [-0.39, 0.29) is 17.7 Å². The van der Waals surface area contributed by atoms with Crippen molar-refractivity contribution in [2.24, 2.45) is 15.9 Å². The van der Waals surface area contributed by atoms with Gasteiger partial charge in [0, 0.05) is 32.1 Å². The molecular formula is C25H26N4O2. The Balaban J connectivity index is 1.19. The van der Waals surface area contributed by atoms with Gasteiger partial charge >= 0.3 is 0 Å². The number of piperidine rings is 1. The van der Waals surface area contributed by atoms with Gasteiger partial charge in [0.1, 0.15) is 0 Å². The van der Waals surface area contributed by atoms with Crippen LogP contribution in [0.25, 0.3) is 5.57 Å². The van der Waals surface area contributed by atoms with E-state index in [2.05, 4.69) is 45.2 Å². The van der Waals surface area contributed by atoms with Crippen LogP contribution in [0, 0.1) is 5.92 Å². The molecule has 1 fully saturated rings. The Hall–Kier alpha value is -3.12. The van der Waals surface area contributed by atoms with E-state index in [1.807, 2.05) is 35.2 Å². The summed E-state index contributed by atoms with van der Waals surface area (Å²) >= 11 is 0. The number of nitrogens with zero attached hydrogens (tertiary/aromatic N) is 4.